The first-order valence-electron chi connectivity index (χ1n) is 6.32. The zero-order valence-electron chi connectivity index (χ0n) is 11.1. The van der Waals surface area contributed by atoms with Crippen molar-refractivity contribution in [3.8, 4) is 0 Å². The van der Waals surface area contributed by atoms with E-state index in [1.54, 1.807) is 6.92 Å². The molecule has 0 bridgehead atoms. The van der Waals surface area contributed by atoms with E-state index in [-0.39, 0.29) is 17.3 Å². The standard InChI is InChI=1S/C12H13F3N2O3S/c1-2-20-11(19)9-16-8(5-21-9)10(18)17(7-3-4-7)6-12(13,14)15/h5,7H,2-4,6H2,1H3. The van der Waals surface area contributed by atoms with Crippen LogP contribution in [-0.4, -0.2) is 47.1 Å². The molecule has 1 fully saturated rings. The molecule has 0 saturated heterocycles. The van der Waals surface area contributed by atoms with E-state index in [1.807, 2.05) is 0 Å². The zero-order valence-corrected chi connectivity index (χ0v) is 12.0. The van der Waals surface area contributed by atoms with Gasteiger partial charge in [0, 0.05) is 11.4 Å². The highest BCUT2D eigenvalue weighted by Crippen LogP contribution is 2.31. The van der Waals surface area contributed by atoms with Gasteiger partial charge >= 0.3 is 12.1 Å². The largest absolute Gasteiger partial charge is 0.461 e. The summed E-state index contributed by atoms with van der Waals surface area (Å²) in [4.78, 5) is 28.1. The van der Waals surface area contributed by atoms with Crippen molar-refractivity contribution in [3.05, 3.63) is 16.1 Å². The number of thiazole rings is 1. The molecule has 5 nitrogen and oxygen atoms in total. The summed E-state index contributed by atoms with van der Waals surface area (Å²) in [5.74, 6) is -1.49. The molecule has 1 amide bonds. The first-order valence-corrected chi connectivity index (χ1v) is 7.20. The molecule has 1 aromatic heterocycles. The Labute approximate surface area is 122 Å². The average Bonchev–Trinajstić information content (AvgIpc) is 3.11. The second-order valence-corrected chi connectivity index (χ2v) is 5.40. The van der Waals surface area contributed by atoms with Crippen LogP contribution < -0.4 is 0 Å². The van der Waals surface area contributed by atoms with Crippen molar-refractivity contribution in [3.63, 3.8) is 0 Å². The van der Waals surface area contributed by atoms with Gasteiger partial charge in [0.05, 0.1) is 6.61 Å². The van der Waals surface area contributed by atoms with E-state index >= 15 is 0 Å². The summed E-state index contributed by atoms with van der Waals surface area (Å²) in [7, 11) is 0. The topological polar surface area (TPSA) is 59.5 Å². The van der Waals surface area contributed by atoms with Crippen molar-refractivity contribution in [1.82, 2.24) is 9.88 Å². The van der Waals surface area contributed by atoms with Crippen molar-refractivity contribution in [2.24, 2.45) is 0 Å². The second kappa shape index (κ2) is 6.00. The fraction of sp³-hybridized carbons (Fsp3) is 0.583. The summed E-state index contributed by atoms with van der Waals surface area (Å²) in [6, 6.07) is -0.396. The van der Waals surface area contributed by atoms with Crippen molar-refractivity contribution < 1.29 is 27.5 Å². The number of esters is 1. The van der Waals surface area contributed by atoms with Crippen LogP contribution in [0.4, 0.5) is 13.2 Å². The number of hydrogen-bond acceptors (Lipinski definition) is 5. The number of hydrogen-bond donors (Lipinski definition) is 0. The summed E-state index contributed by atoms with van der Waals surface area (Å²) >= 11 is 0.879. The third-order valence-corrected chi connectivity index (χ3v) is 3.59. The molecule has 0 unspecified atom stereocenters. The van der Waals surface area contributed by atoms with Crippen LogP contribution in [0.5, 0.6) is 0 Å². The lowest BCUT2D eigenvalue weighted by atomic mass is 10.3. The van der Waals surface area contributed by atoms with E-state index in [1.165, 1.54) is 5.38 Å². The number of halogens is 3. The number of carbonyl (C=O) groups excluding carboxylic acids is 2. The van der Waals surface area contributed by atoms with Crippen LogP contribution >= 0.6 is 11.3 Å². The fourth-order valence-corrected chi connectivity index (χ4v) is 2.43. The molecule has 1 aliphatic rings. The Morgan fingerprint density at radius 2 is 2.14 bits per heavy atom. The zero-order chi connectivity index (χ0) is 15.6. The third-order valence-electron chi connectivity index (χ3n) is 2.77. The summed E-state index contributed by atoms with van der Waals surface area (Å²) in [6.07, 6.45) is -3.36. The molecule has 0 atom stereocenters. The molecule has 0 aliphatic heterocycles. The van der Waals surface area contributed by atoms with Crippen LogP contribution in [0, 0.1) is 0 Å². The molecule has 1 aliphatic carbocycles. The molecule has 0 radical (unpaired) electrons. The van der Waals surface area contributed by atoms with Gasteiger partial charge in [0.25, 0.3) is 5.91 Å². The van der Waals surface area contributed by atoms with Crippen LogP contribution in [-0.2, 0) is 4.74 Å². The Hall–Kier alpha value is -1.64. The quantitative estimate of drug-likeness (QED) is 0.782. The van der Waals surface area contributed by atoms with Crippen molar-refractivity contribution in [2.75, 3.05) is 13.2 Å². The van der Waals surface area contributed by atoms with Gasteiger partial charge in [0.15, 0.2) is 0 Å². The van der Waals surface area contributed by atoms with Gasteiger partial charge in [0.1, 0.15) is 12.2 Å². The van der Waals surface area contributed by atoms with E-state index in [9.17, 15) is 22.8 Å². The number of aromatic nitrogens is 1. The Morgan fingerprint density at radius 1 is 1.48 bits per heavy atom. The van der Waals surface area contributed by atoms with Gasteiger partial charge in [-0.2, -0.15) is 13.2 Å². The second-order valence-electron chi connectivity index (χ2n) is 4.54. The number of nitrogens with zero attached hydrogens (tertiary/aromatic N) is 2. The number of ether oxygens (including phenoxy) is 1. The van der Waals surface area contributed by atoms with Gasteiger partial charge in [-0.1, -0.05) is 0 Å². The van der Waals surface area contributed by atoms with Crippen LogP contribution in [0.3, 0.4) is 0 Å². The molecular weight excluding hydrogens is 309 g/mol. The molecule has 0 aromatic carbocycles. The molecule has 2 rings (SSSR count). The minimum Gasteiger partial charge on any atom is -0.461 e. The van der Waals surface area contributed by atoms with Gasteiger partial charge in [0.2, 0.25) is 5.01 Å². The van der Waals surface area contributed by atoms with E-state index < -0.39 is 30.6 Å². The maximum absolute atomic E-state index is 12.5. The Bertz CT molecular complexity index is 540. The minimum atomic E-state index is -4.46. The third kappa shape index (κ3) is 4.16. The van der Waals surface area contributed by atoms with Gasteiger partial charge in [-0.15, -0.1) is 11.3 Å². The first kappa shape index (κ1) is 15.7. The molecule has 1 saturated carbocycles. The average molecular weight is 322 g/mol. The van der Waals surface area contributed by atoms with Crippen molar-refractivity contribution in [2.45, 2.75) is 32.0 Å². The monoisotopic (exact) mass is 322 g/mol. The predicted octanol–water partition coefficient (Wildman–Crippen LogP) is 2.49. The van der Waals surface area contributed by atoms with Crippen molar-refractivity contribution >= 4 is 23.2 Å². The maximum atomic E-state index is 12.5. The number of carbonyl (C=O) groups is 2. The molecule has 116 valence electrons. The lowest BCUT2D eigenvalue weighted by Gasteiger charge is -2.22. The van der Waals surface area contributed by atoms with Crippen LogP contribution in [0.1, 0.15) is 40.1 Å². The van der Waals surface area contributed by atoms with E-state index in [2.05, 4.69) is 4.98 Å². The van der Waals surface area contributed by atoms with Gasteiger partial charge in [-0.3, -0.25) is 4.79 Å². The van der Waals surface area contributed by atoms with E-state index in [0.717, 1.165) is 16.2 Å². The number of alkyl halides is 3. The van der Waals surface area contributed by atoms with Crippen LogP contribution in [0.2, 0.25) is 0 Å². The normalized spacial score (nSPS) is 14.9. The Kier molecular flexibility index (Phi) is 4.50. The van der Waals surface area contributed by atoms with Gasteiger partial charge in [-0.05, 0) is 19.8 Å². The summed E-state index contributed by atoms with van der Waals surface area (Å²) < 4.78 is 42.3. The highest BCUT2D eigenvalue weighted by Gasteiger charge is 2.41. The molecule has 0 N–H and O–H groups in total. The lowest BCUT2D eigenvalue weighted by Crippen LogP contribution is -2.40. The SMILES string of the molecule is CCOC(=O)c1nc(C(=O)N(CC(F)(F)F)C2CC2)cs1. The van der Waals surface area contributed by atoms with Crippen LogP contribution in [0.25, 0.3) is 0 Å². The van der Waals surface area contributed by atoms with E-state index in [0.29, 0.717) is 12.8 Å². The number of rotatable bonds is 5. The summed E-state index contributed by atoms with van der Waals surface area (Å²) in [6.45, 7) is 0.475. The molecule has 1 heterocycles. The predicted molar refractivity (Wildman–Crippen MR) is 68.2 cm³/mol. The Morgan fingerprint density at radius 3 is 2.67 bits per heavy atom. The van der Waals surface area contributed by atoms with Gasteiger partial charge < -0.3 is 9.64 Å². The smallest absolute Gasteiger partial charge is 0.406 e. The molecule has 1 aromatic rings. The molecular formula is C12H13F3N2O3S. The highest BCUT2D eigenvalue weighted by molar-refractivity contribution is 7.11. The highest BCUT2D eigenvalue weighted by atomic mass is 32.1. The van der Waals surface area contributed by atoms with Crippen molar-refractivity contribution in [1.29, 1.82) is 0 Å². The summed E-state index contributed by atoms with van der Waals surface area (Å²) in [5.41, 5.74) is -0.154. The minimum absolute atomic E-state index is 0.0389. The maximum Gasteiger partial charge on any atom is 0.406 e. The van der Waals surface area contributed by atoms with Crippen LogP contribution in [0.15, 0.2) is 5.38 Å². The summed E-state index contributed by atoms with van der Waals surface area (Å²) in [5, 5.41) is 1.24. The Balaban J connectivity index is 2.12. The van der Waals surface area contributed by atoms with E-state index in [4.69, 9.17) is 4.74 Å². The lowest BCUT2D eigenvalue weighted by molar-refractivity contribution is -0.141. The molecule has 9 heteroatoms. The molecule has 21 heavy (non-hydrogen) atoms. The fourth-order valence-electron chi connectivity index (χ4n) is 1.75. The van der Waals surface area contributed by atoms with Gasteiger partial charge in [-0.25, -0.2) is 9.78 Å². The first-order chi connectivity index (χ1) is 9.81. The number of amides is 1. The molecule has 0 spiro atoms.